The molecular weight excluding hydrogens is 352 g/mol. The normalized spacial score (nSPS) is 14.1. The molecule has 0 spiro atoms. The number of carbonyl (C=O) groups is 3. The van der Waals surface area contributed by atoms with E-state index in [1.54, 1.807) is 31.4 Å². The summed E-state index contributed by atoms with van der Waals surface area (Å²) >= 11 is 6.06. The van der Waals surface area contributed by atoms with Crippen LogP contribution in [0.5, 0.6) is 0 Å². The van der Waals surface area contributed by atoms with Crippen LogP contribution < -0.4 is 4.90 Å². The molecule has 0 aromatic heterocycles. The Hall–Kier alpha value is -2.14. The van der Waals surface area contributed by atoms with Gasteiger partial charge in [-0.2, -0.15) is 0 Å². The Balaban J connectivity index is 2.51. The van der Waals surface area contributed by atoms with Crippen LogP contribution in [0.1, 0.15) is 44.0 Å². The highest BCUT2D eigenvalue weighted by Gasteiger charge is 2.35. The molecule has 0 aliphatic heterocycles. The van der Waals surface area contributed by atoms with Crippen molar-refractivity contribution < 1.29 is 14.4 Å². The van der Waals surface area contributed by atoms with Crippen LogP contribution in [-0.2, 0) is 9.59 Å². The zero-order valence-electron chi connectivity index (χ0n) is 15.7. The first-order chi connectivity index (χ1) is 12.3. The standard InChI is InChI=1S/C20H25ClN2O3/c1-5-23(6-2)12-17(19(25)14-7-8-14)20(26)16-10-9-15(21)11-18(16)22(4)13(3)24/h9-12,14H,5-8H2,1-4H3. The predicted octanol–water partition coefficient (Wildman–Crippen LogP) is 3.71. The number of allylic oxidation sites excluding steroid dienone is 1. The number of ketones is 2. The van der Waals surface area contributed by atoms with E-state index in [4.69, 9.17) is 11.6 Å². The Bertz CT molecular complexity index is 749. The van der Waals surface area contributed by atoms with Gasteiger partial charge in [0.05, 0.1) is 11.3 Å². The summed E-state index contributed by atoms with van der Waals surface area (Å²) in [6, 6.07) is 4.76. The summed E-state index contributed by atoms with van der Waals surface area (Å²) in [5.41, 5.74) is 0.889. The zero-order valence-corrected chi connectivity index (χ0v) is 16.5. The number of anilines is 1. The fourth-order valence-electron chi connectivity index (χ4n) is 2.68. The Labute approximate surface area is 159 Å². The highest BCUT2D eigenvalue weighted by molar-refractivity contribution is 6.32. The van der Waals surface area contributed by atoms with Crippen molar-refractivity contribution in [1.29, 1.82) is 0 Å². The molecule has 6 heteroatoms. The number of carbonyl (C=O) groups excluding carboxylic acids is 3. The lowest BCUT2D eigenvalue weighted by molar-refractivity contribution is -0.117. The maximum atomic E-state index is 13.2. The van der Waals surface area contributed by atoms with Crippen LogP contribution >= 0.6 is 11.6 Å². The second-order valence-corrected chi connectivity index (χ2v) is 6.91. The zero-order chi connectivity index (χ0) is 19.4. The fraction of sp³-hybridized carbons (Fsp3) is 0.450. The summed E-state index contributed by atoms with van der Waals surface area (Å²) < 4.78 is 0. The highest BCUT2D eigenvalue weighted by Crippen LogP contribution is 2.34. The van der Waals surface area contributed by atoms with E-state index in [0.29, 0.717) is 29.4 Å². The van der Waals surface area contributed by atoms with Gasteiger partial charge in [-0.05, 0) is 44.9 Å². The number of hydrogen-bond donors (Lipinski definition) is 0. The van der Waals surface area contributed by atoms with Gasteiger partial charge in [-0.3, -0.25) is 14.4 Å². The van der Waals surface area contributed by atoms with Crippen LogP contribution in [-0.4, -0.2) is 42.5 Å². The average molecular weight is 377 g/mol. The van der Waals surface area contributed by atoms with Crippen molar-refractivity contribution >= 4 is 34.8 Å². The van der Waals surface area contributed by atoms with Crippen LogP contribution in [0.15, 0.2) is 30.0 Å². The quantitative estimate of drug-likeness (QED) is 0.300. The number of amides is 1. The third-order valence-corrected chi connectivity index (χ3v) is 4.86. The molecule has 2 rings (SSSR count). The number of hydrogen-bond acceptors (Lipinski definition) is 4. The number of nitrogens with zero attached hydrogens (tertiary/aromatic N) is 2. The highest BCUT2D eigenvalue weighted by atomic mass is 35.5. The molecule has 0 N–H and O–H groups in total. The van der Waals surface area contributed by atoms with E-state index < -0.39 is 0 Å². The van der Waals surface area contributed by atoms with Gasteiger partial charge in [-0.25, -0.2) is 0 Å². The van der Waals surface area contributed by atoms with Gasteiger partial charge < -0.3 is 9.80 Å². The van der Waals surface area contributed by atoms with Crippen molar-refractivity contribution in [3.05, 3.63) is 40.6 Å². The molecule has 1 amide bonds. The summed E-state index contributed by atoms with van der Waals surface area (Å²) in [5, 5.41) is 0.424. The molecule has 1 aromatic carbocycles. The summed E-state index contributed by atoms with van der Waals surface area (Å²) in [5.74, 6) is -0.770. The fourth-order valence-corrected chi connectivity index (χ4v) is 2.84. The van der Waals surface area contributed by atoms with Crippen LogP contribution in [0.2, 0.25) is 5.02 Å². The third kappa shape index (κ3) is 4.52. The largest absolute Gasteiger partial charge is 0.377 e. The summed E-state index contributed by atoms with van der Waals surface area (Å²) in [6.45, 7) is 6.76. The molecule has 0 saturated heterocycles. The van der Waals surface area contributed by atoms with Crippen LogP contribution in [0, 0.1) is 5.92 Å². The number of benzene rings is 1. The SMILES string of the molecule is CCN(C=C(C(=O)c1ccc(Cl)cc1N(C)C(C)=O)C(=O)C1CC1)CC. The minimum atomic E-state index is -0.367. The summed E-state index contributed by atoms with van der Waals surface area (Å²) in [4.78, 5) is 41.1. The molecule has 0 atom stereocenters. The monoisotopic (exact) mass is 376 g/mol. The van der Waals surface area contributed by atoms with Crippen molar-refractivity contribution in [2.75, 3.05) is 25.0 Å². The molecule has 1 fully saturated rings. The Morgan fingerprint density at radius 3 is 2.31 bits per heavy atom. The van der Waals surface area contributed by atoms with E-state index >= 15 is 0 Å². The lowest BCUT2D eigenvalue weighted by Gasteiger charge is -2.21. The van der Waals surface area contributed by atoms with E-state index in [-0.39, 0.29) is 29.0 Å². The Morgan fingerprint density at radius 2 is 1.81 bits per heavy atom. The Morgan fingerprint density at radius 1 is 1.19 bits per heavy atom. The van der Waals surface area contributed by atoms with Gasteiger partial charge >= 0.3 is 0 Å². The van der Waals surface area contributed by atoms with Crippen molar-refractivity contribution in [3.63, 3.8) is 0 Å². The second kappa shape index (κ2) is 8.49. The minimum absolute atomic E-state index is 0.0675. The van der Waals surface area contributed by atoms with E-state index in [1.165, 1.54) is 11.8 Å². The van der Waals surface area contributed by atoms with Gasteiger partial charge in [0.25, 0.3) is 0 Å². The molecule has 1 aliphatic rings. The number of halogens is 1. The van der Waals surface area contributed by atoms with Gasteiger partial charge in [0.2, 0.25) is 5.91 Å². The van der Waals surface area contributed by atoms with Crippen LogP contribution in [0.3, 0.4) is 0 Å². The van der Waals surface area contributed by atoms with Gasteiger partial charge in [-0.1, -0.05) is 11.6 Å². The van der Waals surface area contributed by atoms with Gasteiger partial charge in [0.1, 0.15) is 0 Å². The van der Waals surface area contributed by atoms with Gasteiger partial charge in [0.15, 0.2) is 11.6 Å². The topological polar surface area (TPSA) is 57.7 Å². The van der Waals surface area contributed by atoms with E-state index in [9.17, 15) is 14.4 Å². The molecule has 0 bridgehead atoms. The molecule has 140 valence electrons. The molecule has 1 aromatic rings. The lowest BCUT2D eigenvalue weighted by atomic mass is 9.96. The summed E-state index contributed by atoms with van der Waals surface area (Å²) in [7, 11) is 1.58. The molecule has 5 nitrogen and oxygen atoms in total. The number of rotatable bonds is 8. The third-order valence-electron chi connectivity index (χ3n) is 4.62. The molecule has 0 unspecified atom stereocenters. The molecular formula is C20H25ClN2O3. The maximum Gasteiger partial charge on any atom is 0.223 e. The van der Waals surface area contributed by atoms with Crippen molar-refractivity contribution in [2.24, 2.45) is 5.92 Å². The summed E-state index contributed by atoms with van der Waals surface area (Å²) in [6.07, 6.45) is 3.31. The first-order valence-electron chi connectivity index (χ1n) is 8.88. The van der Waals surface area contributed by atoms with E-state index in [0.717, 1.165) is 12.8 Å². The first-order valence-corrected chi connectivity index (χ1v) is 9.26. The maximum absolute atomic E-state index is 13.2. The van der Waals surface area contributed by atoms with Crippen molar-refractivity contribution in [2.45, 2.75) is 33.6 Å². The average Bonchev–Trinajstić information content (AvgIpc) is 3.46. The molecule has 1 saturated carbocycles. The van der Waals surface area contributed by atoms with Crippen molar-refractivity contribution in [3.8, 4) is 0 Å². The van der Waals surface area contributed by atoms with E-state index in [1.807, 2.05) is 18.7 Å². The van der Waals surface area contributed by atoms with E-state index in [2.05, 4.69) is 0 Å². The molecule has 0 heterocycles. The van der Waals surface area contributed by atoms with Crippen LogP contribution in [0.4, 0.5) is 5.69 Å². The smallest absolute Gasteiger partial charge is 0.223 e. The Kier molecular flexibility index (Phi) is 6.59. The van der Waals surface area contributed by atoms with Crippen LogP contribution in [0.25, 0.3) is 0 Å². The first kappa shape index (κ1) is 20.2. The molecule has 1 aliphatic carbocycles. The minimum Gasteiger partial charge on any atom is -0.377 e. The molecule has 0 radical (unpaired) electrons. The second-order valence-electron chi connectivity index (χ2n) is 6.47. The predicted molar refractivity (Wildman–Crippen MR) is 104 cm³/mol. The van der Waals surface area contributed by atoms with Gasteiger partial charge in [0, 0.05) is 49.8 Å². The van der Waals surface area contributed by atoms with Crippen molar-refractivity contribution in [1.82, 2.24) is 4.90 Å². The van der Waals surface area contributed by atoms with Gasteiger partial charge in [-0.15, -0.1) is 0 Å². The lowest BCUT2D eigenvalue weighted by Crippen LogP contribution is -2.27. The molecule has 26 heavy (non-hydrogen) atoms. The number of Topliss-reactive ketones (excluding diaryl/α,β-unsaturated/α-hetero) is 2.